The predicted molar refractivity (Wildman–Crippen MR) is 79.5 cm³/mol. The molecule has 20 heavy (non-hydrogen) atoms. The van der Waals surface area contributed by atoms with Gasteiger partial charge in [-0.05, 0) is 24.6 Å². The van der Waals surface area contributed by atoms with Crippen molar-refractivity contribution >= 4 is 46.3 Å². The number of carboxylic acid groups (broad SMARTS) is 1. The maximum Gasteiger partial charge on any atom is 0.266 e. The summed E-state index contributed by atoms with van der Waals surface area (Å²) >= 11 is 6.24. The minimum Gasteiger partial charge on any atom is -0.548 e. The molecule has 1 atom stereocenters. The zero-order chi connectivity index (χ0) is 14.7. The Morgan fingerprint density at radius 1 is 1.65 bits per heavy atom. The third-order valence-electron chi connectivity index (χ3n) is 2.88. The molecule has 0 aliphatic carbocycles. The number of aliphatic carboxylic acids is 1. The number of H-pyrrole nitrogens is 1. The average Bonchev–Trinajstić information content (AvgIpc) is 2.98. The monoisotopic (exact) mass is 309 g/mol. The first kappa shape index (κ1) is 14.8. The Morgan fingerprint density at radius 3 is 2.95 bits per heavy atom. The van der Waals surface area contributed by atoms with Crippen molar-refractivity contribution in [1.29, 1.82) is 0 Å². The van der Waals surface area contributed by atoms with E-state index < -0.39 is 12.0 Å². The minimum absolute atomic E-state index is 0.260. The van der Waals surface area contributed by atoms with Crippen molar-refractivity contribution in [1.82, 2.24) is 9.88 Å². The number of nitrogens with zero attached hydrogens (tertiary/aromatic N) is 1. The Hall–Kier alpha value is -1.60. The van der Waals surface area contributed by atoms with Gasteiger partial charge in [0.25, 0.3) is 5.91 Å². The molecular weight excluding hydrogens is 296 g/mol. The summed E-state index contributed by atoms with van der Waals surface area (Å²) in [6, 6.07) is 2.63. The summed E-state index contributed by atoms with van der Waals surface area (Å²) in [5, 5.41) is 11.2. The molecule has 0 aromatic carbocycles. The number of carbonyl (C=O) groups is 2. The maximum absolute atomic E-state index is 12.3. The van der Waals surface area contributed by atoms with Crippen LogP contribution in [-0.4, -0.2) is 32.1 Å². The van der Waals surface area contributed by atoms with E-state index >= 15 is 0 Å². The Morgan fingerprint density at radius 2 is 2.40 bits per heavy atom. The number of thiocarbonyl (C=S) groups is 1. The standard InChI is InChI=1S/C13H14N2O3S2/c1-2-4-9(12(17)18)15-11(16)10(20-13(15)19)7-8-5-3-6-14-8/h3,5-7,9,14H,2,4H2,1H3,(H,17,18)/p-1/b10-7-/t9-/m1/s1. The number of nitrogens with one attached hydrogen (secondary N) is 1. The molecule has 1 amide bonds. The van der Waals surface area contributed by atoms with E-state index in [0.717, 1.165) is 22.4 Å². The van der Waals surface area contributed by atoms with Crippen LogP contribution in [0, 0.1) is 0 Å². The van der Waals surface area contributed by atoms with Crippen LogP contribution in [-0.2, 0) is 9.59 Å². The van der Waals surface area contributed by atoms with Crippen molar-refractivity contribution in [2.75, 3.05) is 0 Å². The highest BCUT2D eigenvalue weighted by molar-refractivity contribution is 8.26. The van der Waals surface area contributed by atoms with Gasteiger partial charge in [-0.3, -0.25) is 9.69 Å². The van der Waals surface area contributed by atoms with Crippen LogP contribution in [0.15, 0.2) is 23.2 Å². The molecule has 0 bridgehead atoms. The van der Waals surface area contributed by atoms with Gasteiger partial charge in [-0.25, -0.2) is 0 Å². The van der Waals surface area contributed by atoms with Crippen LogP contribution in [0.25, 0.3) is 6.08 Å². The second kappa shape index (κ2) is 6.23. The van der Waals surface area contributed by atoms with Gasteiger partial charge >= 0.3 is 0 Å². The number of rotatable bonds is 5. The molecule has 7 heteroatoms. The number of amides is 1. The van der Waals surface area contributed by atoms with E-state index in [0.29, 0.717) is 17.7 Å². The lowest BCUT2D eigenvalue weighted by atomic mass is 10.1. The summed E-state index contributed by atoms with van der Waals surface area (Å²) < 4.78 is 0.260. The average molecular weight is 309 g/mol. The SMILES string of the molecule is CCC[C@H](C(=O)[O-])N1C(=O)/C(=C/c2ccc[nH]2)SC1=S. The van der Waals surface area contributed by atoms with Gasteiger partial charge in [0.2, 0.25) is 0 Å². The third kappa shape index (κ3) is 2.94. The minimum atomic E-state index is -1.27. The van der Waals surface area contributed by atoms with Crippen molar-refractivity contribution in [2.24, 2.45) is 0 Å². The number of aromatic nitrogens is 1. The summed E-state index contributed by atoms with van der Waals surface area (Å²) in [6.45, 7) is 1.85. The first-order valence-corrected chi connectivity index (χ1v) is 7.38. The highest BCUT2D eigenvalue weighted by atomic mass is 32.2. The fourth-order valence-corrected chi connectivity index (χ4v) is 3.30. The fourth-order valence-electron chi connectivity index (χ4n) is 1.95. The molecule has 2 heterocycles. The number of hydrogen-bond acceptors (Lipinski definition) is 5. The van der Waals surface area contributed by atoms with Crippen molar-refractivity contribution < 1.29 is 14.7 Å². The highest BCUT2D eigenvalue weighted by Gasteiger charge is 2.37. The lowest BCUT2D eigenvalue weighted by Gasteiger charge is -2.27. The summed E-state index contributed by atoms with van der Waals surface area (Å²) in [4.78, 5) is 28.0. The van der Waals surface area contributed by atoms with Crippen LogP contribution in [0.5, 0.6) is 0 Å². The van der Waals surface area contributed by atoms with E-state index in [1.165, 1.54) is 0 Å². The second-order valence-corrected chi connectivity index (χ2v) is 5.98. The van der Waals surface area contributed by atoms with E-state index in [2.05, 4.69) is 4.98 Å². The van der Waals surface area contributed by atoms with Gasteiger partial charge in [0.1, 0.15) is 4.32 Å². The number of carbonyl (C=O) groups excluding carboxylic acids is 2. The fraction of sp³-hybridized carbons (Fsp3) is 0.308. The van der Waals surface area contributed by atoms with Gasteiger partial charge in [0, 0.05) is 11.9 Å². The largest absolute Gasteiger partial charge is 0.548 e. The van der Waals surface area contributed by atoms with Gasteiger partial charge in [-0.15, -0.1) is 0 Å². The van der Waals surface area contributed by atoms with Crippen LogP contribution in [0.3, 0.4) is 0 Å². The third-order valence-corrected chi connectivity index (χ3v) is 4.21. The second-order valence-electron chi connectivity index (χ2n) is 4.30. The van der Waals surface area contributed by atoms with Crippen molar-refractivity contribution in [3.05, 3.63) is 28.9 Å². The van der Waals surface area contributed by atoms with Crippen LogP contribution < -0.4 is 5.11 Å². The first-order valence-electron chi connectivity index (χ1n) is 6.16. The Labute approximate surface area is 126 Å². The molecule has 1 aromatic rings. The number of carboxylic acids is 1. The zero-order valence-corrected chi connectivity index (χ0v) is 12.4. The molecule has 1 saturated heterocycles. The van der Waals surface area contributed by atoms with E-state index in [9.17, 15) is 14.7 Å². The molecule has 1 aromatic heterocycles. The van der Waals surface area contributed by atoms with Crippen LogP contribution in [0.4, 0.5) is 0 Å². The molecule has 1 N–H and O–H groups in total. The molecule has 0 unspecified atom stereocenters. The Balaban J connectivity index is 2.26. The van der Waals surface area contributed by atoms with Crippen molar-refractivity contribution in [3.63, 3.8) is 0 Å². The van der Waals surface area contributed by atoms with Gasteiger partial charge in [-0.2, -0.15) is 0 Å². The van der Waals surface area contributed by atoms with Gasteiger partial charge in [0.05, 0.1) is 16.9 Å². The quantitative estimate of drug-likeness (QED) is 0.652. The van der Waals surface area contributed by atoms with Crippen LogP contribution in [0.2, 0.25) is 0 Å². The normalized spacial score (nSPS) is 18.9. The predicted octanol–water partition coefficient (Wildman–Crippen LogP) is 1.13. The van der Waals surface area contributed by atoms with E-state index in [-0.39, 0.29) is 10.2 Å². The Kier molecular flexibility index (Phi) is 4.61. The molecule has 1 aliphatic rings. The summed E-state index contributed by atoms with van der Waals surface area (Å²) in [6.07, 6.45) is 4.36. The van der Waals surface area contributed by atoms with Crippen LogP contribution in [0.1, 0.15) is 25.5 Å². The van der Waals surface area contributed by atoms with E-state index in [1.807, 2.05) is 19.1 Å². The summed E-state index contributed by atoms with van der Waals surface area (Å²) in [7, 11) is 0. The van der Waals surface area contributed by atoms with Crippen LogP contribution >= 0.6 is 24.0 Å². The molecule has 0 spiro atoms. The van der Waals surface area contributed by atoms with Gasteiger partial charge < -0.3 is 14.9 Å². The van der Waals surface area contributed by atoms with Crippen molar-refractivity contribution in [3.8, 4) is 0 Å². The van der Waals surface area contributed by atoms with E-state index in [4.69, 9.17) is 12.2 Å². The summed E-state index contributed by atoms with van der Waals surface area (Å²) in [5.41, 5.74) is 0.769. The van der Waals surface area contributed by atoms with Gasteiger partial charge in [-0.1, -0.05) is 37.3 Å². The molecule has 5 nitrogen and oxygen atoms in total. The topological polar surface area (TPSA) is 76.2 Å². The number of thioether (sulfide) groups is 1. The Bertz CT molecular complexity index is 566. The molecule has 2 rings (SSSR count). The highest BCUT2D eigenvalue weighted by Crippen LogP contribution is 2.34. The maximum atomic E-state index is 12.3. The smallest absolute Gasteiger partial charge is 0.266 e. The molecule has 106 valence electrons. The van der Waals surface area contributed by atoms with E-state index in [1.54, 1.807) is 12.3 Å². The molecule has 0 saturated carbocycles. The van der Waals surface area contributed by atoms with Gasteiger partial charge in [0.15, 0.2) is 0 Å². The first-order chi connectivity index (χ1) is 9.54. The van der Waals surface area contributed by atoms with Crippen molar-refractivity contribution in [2.45, 2.75) is 25.8 Å². The molecule has 1 fully saturated rings. The molecule has 1 aliphatic heterocycles. The zero-order valence-electron chi connectivity index (χ0n) is 10.8. The number of hydrogen-bond donors (Lipinski definition) is 1. The summed E-state index contributed by atoms with van der Waals surface area (Å²) in [5.74, 6) is -1.65. The molecule has 0 radical (unpaired) electrons. The lowest BCUT2D eigenvalue weighted by Crippen LogP contribution is -2.49. The lowest BCUT2D eigenvalue weighted by molar-refractivity contribution is -0.310. The number of aromatic amines is 1. The molecular formula is C13H13N2O3S2-.